The molecule has 17 heavy (non-hydrogen) atoms. The van der Waals surface area contributed by atoms with Gasteiger partial charge in [0, 0.05) is 0 Å². The first-order valence-electron chi connectivity index (χ1n) is 4.20. The van der Waals surface area contributed by atoms with E-state index in [2.05, 4.69) is 16.4 Å². The average Bonchev–Trinajstić information content (AvgIpc) is 2.17. The summed E-state index contributed by atoms with van der Waals surface area (Å²) in [6.45, 7) is 2.90. The maximum absolute atomic E-state index is 11.9. The van der Waals surface area contributed by atoms with E-state index in [0.717, 1.165) is 18.2 Å². The Balaban J connectivity index is 3.00. The van der Waals surface area contributed by atoms with Gasteiger partial charge in [-0.25, -0.2) is 0 Å². The van der Waals surface area contributed by atoms with E-state index in [9.17, 15) is 22.8 Å². The van der Waals surface area contributed by atoms with Crippen molar-refractivity contribution in [2.75, 3.05) is 0 Å². The Morgan fingerprint density at radius 3 is 2.47 bits per heavy atom. The van der Waals surface area contributed by atoms with Crippen LogP contribution in [0, 0.1) is 6.92 Å². The van der Waals surface area contributed by atoms with E-state index in [1.807, 2.05) is 0 Å². The van der Waals surface area contributed by atoms with Crippen LogP contribution in [0.4, 0.5) is 13.2 Å². The number of carbonyl (C=O) groups is 2. The van der Waals surface area contributed by atoms with Crippen LogP contribution in [0.25, 0.3) is 0 Å². The molecule has 1 radical (unpaired) electrons. The van der Waals surface area contributed by atoms with E-state index in [0.29, 0.717) is 0 Å². The van der Waals surface area contributed by atoms with Gasteiger partial charge in [-0.3, -0.25) is 9.59 Å². The molecule has 0 aliphatic carbocycles. The lowest BCUT2D eigenvalue weighted by Crippen LogP contribution is -2.17. The lowest BCUT2D eigenvalue weighted by atomic mass is 10.2. The number of ether oxygens (including phenoxy) is 2. The number of benzene rings is 1. The van der Waals surface area contributed by atoms with Crippen LogP contribution >= 0.6 is 0 Å². The molecule has 0 N–H and O–H groups in total. The van der Waals surface area contributed by atoms with Crippen LogP contribution in [0.3, 0.4) is 0 Å². The number of rotatable bonds is 3. The van der Waals surface area contributed by atoms with Gasteiger partial charge < -0.3 is 9.47 Å². The van der Waals surface area contributed by atoms with Gasteiger partial charge in [0.15, 0.2) is 6.29 Å². The molecule has 1 rings (SSSR count). The molecule has 0 aliphatic rings. The molecule has 0 spiro atoms. The highest BCUT2D eigenvalue weighted by molar-refractivity contribution is 5.84. The van der Waals surface area contributed by atoms with Gasteiger partial charge in [-0.1, -0.05) is 0 Å². The number of esters is 1. The van der Waals surface area contributed by atoms with Gasteiger partial charge in [0.25, 0.3) is 0 Å². The van der Waals surface area contributed by atoms with Gasteiger partial charge in [0.05, 0.1) is 12.5 Å². The third-order valence-electron chi connectivity index (χ3n) is 1.57. The molecule has 0 unspecified atom stereocenters. The van der Waals surface area contributed by atoms with E-state index in [1.54, 1.807) is 0 Å². The molecular weight excluding hydrogens is 241 g/mol. The summed E-state index contributed by atoms with van der Waals surface area (Å²) in [5.41, 5.74) is -0.247. The highest BCUT2D eigenvalue weighted by Gasteiger charge is 2.31. The zero-order chi connectivity index (χ0) is 13.1. The van der Waals surface area contributed by atoms with Crippen molar-refractivity contribution in [1.29, 1.82) is 0 Å². The molecule has 0 atom stereocenters. The van der Waals surface area contributed by atoms with Crippen molar-refractivity contribution in [2.45, 2.75) is 6.36 Å². The molecule has 1 aromatic carbocycles. The van der Waals surface area contributed by atoms with E-state index in [-0.39, 0.29) is 17.6 Å². The predicted molar refractivity (Wildman–Crippen MR) is 49.5 cm³/mol. The number of aldehydes is 1. The van der Waals surface area contributed by atoms with E-state index in [4.69, 9.17) is 0 Å². The number of carbonyl (C=O) groups excluding carboxylic acids is 2. The SMILES string of the molecule is [CH2]C(=O)Oc1ccc(OC(F)(F)F)cc1C=O. The second kappa shape index (κ2) is 4.86. The van der Waals surface area contributed by atoms with Crippen molar-refractivity contribution in [3.63, 3.8) is 0 Å². The van der Waals surface area contributed by atoms with E-state index >= 15 is 0 Å². The number of alkyl halides is 3. The molecular formula is C10H6F3O4. The summed E-state index contributed by atoms with van der Waals surface area (Å²) in [7, 11) is 0. The molecule has 0 saturated carbocycles. The van der Waals surface area contributed by atoms with E-state index < -0.39 is 18.1 Å². The summed E-state index contributed by atoms with van der Waals surface area (Å²) >= 11 is 0. The molecule has 0 saturated heterocycles. The largest absolute Gasteiger partial charge is 0.573 e. The fourth-order valence-electron chi connectivity index (χ4n) is 1.03. The number of hydrogen-bond acceptors (Lipinski definition) is 4. The standard InChI is InChI=1S/C10H6F3O4/c1-6(15)16-9-3-2-8(4-7(9)5-14)17-10(11,12)13/h2-5H,1H2. The zero-order valence-electron chi connectivity index (χ0n) is 8.28. The Morgan fingerprint density at radius 1 is 1.35 bits per heavy atom. The first-order chi connectivity index (χ1) is 7.81. The average molecular weight is 247 g/mol. The lowest BCUT2D eigenvalue weighted by molar-refractivity contribution is -0.274. The Labute approximate surface area is 93.9 Å². The monoisotopic (exact) mass is 247 g/mol. The minimum atomic E-state index is -4.86. The number of hydrogen-bond donors (Lipinski definition) is 0. The van der Waals surface area contributed by atoms with Crippen LogP contribution in [0.5, 0.6) is 11.5 Å². The van der Waals surface area contributed by atoms with Gasteiger partial charge >= 0.3 is 12.3 Å². The predicted octanol–water partition coefficient (Wildman–Crippen LogP) is 2.14. The molecule has 0 aromatic heterocycles. The van der Waals surface area contributed by atoms with Crippen LogP contribution < -0.4 is 9.47 Å². The molecule has 0 fully saturated rings. The molecule has 91 valence electrons. The summed E-state index contributed by atoms with van der Waals surface area (Å²) in [6.07, 6.45) is -4.62. The van der Waals surface area contributed by atoms with Crippen molar-refractivity contribution in [3.8, 4) is 11.5 Å². The van der Waals surface area contributed by atoms with Gasteiger partial charge in [0.1, 0.15) is 11.5 Å². The number of halogens is 3. The lowest BCUT2D eigenvalue weighted by Gasteiger charge is -2.10. The molecule has 0 bridgehead atoms. The van der Waals surface area contributed by atoms with Crippen LogP contribution in [0.2, 0.25) is 0 Å². The minimum absolute atomic E-state index is 0.186. The first-order valence-corrected chi connectivity index (χ1v) is 4.20. The maximum Gasteiger partial charge on any atom is 0.573 e. The quantitative estimate of drug-likeness (QED) is 0.466. The topological polar surface area (TPSA) is 52.6 Å². The van der Waals surface area contributed by atoms with Gasteiger partial charge in [0.2, 0.25) is 0 Å². The van der Waals surface area contributed by atoms with Crippen molar-refractivity contribution in [1.82, 2.24) is 0 Å². The molecule has 1 aromatic rings. The van der Waals surface area contributed by atoms with Crippen molar-refractivity contribution < 1.29 is 32.2 Å². The van der Waals surface area contributed by atoms with Crippen LogP contribution in [-0.4, -0.2) is 18.6 Å². The highest BCUT2D eigenvalue weighted by Crippen LogP contribution is 2.27. The van der Waals surface area contributed by atoms with Crippen LogP contribution in [-0.2, 0) is 4.79 Å². The second-order valence-corrected chi connectivity index (χ2v) is 2.84. The van der Waals surface area contributed by atoms with Crippen molar-refractivity contribution >= 4 is 12.3 Å². The fraction of sp³-hybridized carbons (Fsp3) is 0.100. The van der Waals surface area contributed by atoms with Crippen molar-refractivity contribution in [2.24, 2.45) is 0 Å². The van der Waals surface area contributed by atoms with Gasteiger partial charge in [-0.15, -0.1) is 13.2 Å². The molecule has 4 nitrogen and oxygen atoms in total. The smallest absolute Gasteiger partial charge is 0.426 e. The van der Waals surface area contributed by atoms with Gasteiger partial charge in [-0.2, -0.15) is 0 Å². The third-order valence-corrected chi connectivity index (χ3v) is 1.57. The van der Waals surface area contributed by atoms with Crippen LogP contribution in [0.15, 0.2) is 18.2 Å². The van der Waals surface area contributed by atoms with Crippen molar-refractivity contribution in [3.05, 3.63) is 30.7 Å². The Kier molecular flexibility index (Phi) is 3.72. The molecule has 0 aliphatic heterocycles. The van der Waals surface area contributed by atoms with Gasteiger partial charge in [-0.05, 0) is 18.2 Å². The normalized spacial score (nSPS) is 10.8. The summed E-state index contributed by atoms with van der Waals surface area (Å²) in [6, 6.07) is 2.73. The highest BCUT2D eigenvalue weighted by atomic mass is 19.4. The summed E-state index contributed by atoms with van der Waals surface area (Å²) in [5.74, 6) is -1.70. The summed E-state index contributed by atoms with van der Waals surface area (Å²) < 4.78 is 43.7. The Bertz CT molecular complexity index is 440. The van der Waals surface area contributed by atoms with Crippen LogP contribution in [0.1, 0.15) is 10.4 Å². The fourth-order valence-corrected chi connectivity index (χ4v) is 1.03. The third kappa shape index (κ3) is 4.13. The zero-order valence-corrected chi connectivity index (χ0v) is 8.28. The molecule has 0 heterocycles. The second-order valence-electron chi connectivity index (χ2n) is 2.84. The first kappa shape index (κ1) is 13.0. The molecule has 7 heteroatoms. The Hall–Kier alpha value is -2.05. The Morgan fingerprint density at radius 2 is 2.00 bits per heavy atom. The van der Waals surface area contributed by atoms with E-state index in [1.165, 1.54) is 0 Å². The maximum atomic E-state index is 11.9. The minimum Gasteiger partial charge on any atom is -0.426 e. The molecule has 0 amide bonds. The summed E-state index contributed by atoms with van der Waals surface area (Å²) in [4.78, 5) is 21.1. The summed E-state index contributed by atoms with van der Waals surface area (Å²) in [5, 5.41) is 0.